The van der Waals surface area contributed by atoms with Crippen LogP contribution in [0.15, 0.2) is 36.4 Å². The molecule has 0 fully saturated rings. The summed E-state index contributed by atoms with van der Waals surface area (Å²) in [6.45, 7) is 0.338. The summed E-state index contributed by atoms with van der Waals surface area (Å²) in [7, 11) is 1.48. The SMILES string of the molecule is CNCC(=O)NCC(F)(F)F.Cc1cc(/C=C/C(c2cc(Cl)c(Cl)c(Cl)c2)C(F)(F)F)ccc1C=O. The van der Waals surface area contributed by atoms with Gasteiger partial charge in [0.25, 0.3) is 0 Å². The summed E-state index contributed by atoms with van der Waals surface area (Å²) in [5.74, 6) is -2.56. The van der Waals surface area contributed by atoms with Crippen LogP contribution in [0.1, 0.15) is 33.0 Å². The van der Waals surface area contributed by atoms with Gasteiger partial charge < -0.3 is 10.6 Å². The van der Waals surface area contributed by atoms with E-state index in [9.17, 15) is 35.9 Å². The summed E-state index contributed by atoms with van der Waals surface area (Å²) >= 11 is 17.5. The molecule has 1 amide bonds. The molecule has 1 atom stereocenters. The van der Waals surface area contributed by atoms with E-state index >= 15 is 0 Å². The lowest BCUT2D eigenvalue weighted by molar-refractivity contribution is -0.139. The number of nitrogens with one attached hydrogen (secondary N) is 2. The lowest BCUT2D eigenvalue weighted by Crippen LogP contribution is -2.38. The van der Waals surface area contributed by atoms with E-state index in [4.69, 9.17) is 34.8 Å². The van der Waals surface area contributed by atoms with Crippen LogP contribution in [0.4, 0.5) is 26.3 Å². The molecular formula is C23H21Cl3F6N2O2. The molecule has 2 aromatic carbocycles. The molecule has 0 aliphatic carbocycles. The van der Waals surface area contributed by atoms with Gasteiger partial charge in [0.05, 0.1) is 27.5 Å². The highest BCUT2D eigenvalue weighted by Gasteiger charge is 2.39. The standard InChI is InChI=1S/C18H12Cl3F3O.C5H9F3N2O/c1-10-6-11(2-4-12(10)9-25)3-5-14(18(22,23)24)13-7-15(19)17(21)16(20)8-13;1-9-2-4(11)10-3-5(6,7)8/h2-9,14H,1H3;9H,2-3H2,1H3,(H,10,11)/b5-3+;. The van der Waals surface area contributed by atoms with Crippen molar-refractivity contribution in [2.24, 2.45) is 0 Å². The Morgan fingerprint density at radius 3 is 2.06 bits per heavy atom. The molecule has 1 unspecified atom stereocenters. The van der Waals surface area contributed by atoms with Gasteiger partial charge in [-0.3, -0.25) is 9.59 Å². The number of hydrogen-bond donors (Lipinski definition) is 2. The minimum absolute atomic E-state index is 0.0112. The molecule has 0 saturated heterocycles. The van der Waals surface area contributed by atoms with Crippen molar-refractivity contribution < 1.29 is 35.9 Å². The van der Waals surface area contributed by atoms with Gasteiger partial charge in [-0.25, -0.2) is 0 Å². The van der Waals surface area contributed by atoms with Crippen molar-refractivity contribution in [3.8, 4) is 0 Å². The number of carbonyl (C=O) groups is 2. The third kappa shape index (κ3) is 10.8. The van der Waals surface area contributed by atoms with E-state index in [2.05, 4.69) is 5.32 Å². The van der Waals surface area contributed by atoms with Crippen molar-refractivity contribution in [3.05, 3.63) is 73.7 Å². The van der Waals surface area contributed by atoms with Crippen molar-refractivity contribution in [1.82, 2.24) is 10.6 Å². The van der Waals surface area contributed by atoms with E-state index in [0.29, 0.717) is 23.0 Å². The van der Waals surface area contributed by atoms with Crippen LogP contribution in [0, 0.1) is 6.92 Å². The second-order valence-electron chi connectivity index (χ2n) is 7.33. The molecule has 0 heterocycles. The highest BCUT2D eigenvalue weighted by molar-refractivity contribution is 6.48. The molecule has 0 saturated carbocycles. The van der Waals surface area contributed by atoms with Gasteiger partial charge in [0.1, 0.15) is 12.8 Å². The molecule has 0 bridgehead atoms. The van der Waals surface area contributed by atoms with Crippen LogP contribution in [0.3, 0.4) is 0 Å². The molecule has 13 heteroatoms. The zero-order valence-electron chi connectivity index (χ0n) is 18.8. The van der Waals surface area contributed by atoms with Crippen molar-refractivity contribution in [2.45, 2.75) is 25.2 Å². The van der Waals surface area contributed by atoms with Gasteiger partial charge in [-0.05, 0) is 42.8 Å². The number of aryl methyl sites for hydroxylation is 1. The molecule has 0 radical (unpaired) electrons. The van der Waals surface area contributed by atoms with Crippen molar-refractivity contribution in [1.29, 1.82) is 0 Å². The molecule has 2 N–H and O–H groups in total. The number of aldehydes is 1. The zero-order valence-corrected chi connectivity index (χ0v) is 21.1. The Kier molecular flexibility index (Phi) is 12.2. The Morgan fingerprint density at radius 2 is 1.61 bits per heavy atom. The predicted molar refractivity (Wildman–Crippen MR) is 129 cm³/mol. The number of carbonyl (C=O) groups excluding carboxylic acids is 2. The minimum Gasteiger partial charge on any atom is -0.346 e. The van der Waals surface area contributed by atoms with Gasteiger partial charge in [0.15, 0.2) is 0 Å². The summed E-state index contributed by atoms with van der Waals surface area (Å²) < 4.78 is 74.6. The first kappa shape index (κ1) is 31.8. The van der Waals surface area contributed by atoms with E-state index in [1.54, 1.807) is 30.4 Å². The second-order valence-corrected chi connectivity index (χ2v) is 8.53. The number of benzene rings is 2. The molecule has 0 aliphatic rings. The molecule has 36 heavy (non-hydrogen) atoms. The molecule has 198 valence electrons. The Balaban J connectivity index is 0.000000497. The first-order valence-corrected chi connectivity index (χ1v) is 11.2. The van der Waals surface area contributed by atoms with Gasteiger partial charge in [-0.15, -0.1) is 0 Å². The van der Waals surface area contributed by atoms with Crippen LogP contribution >= 0.6 is 34.8 Å². The lowest BCUT2D eigenvalue weighted by atomic mass is 9.96. The highest BCUT2D eigenvalue weighted by Crippen LogP contribution is 2.41. The van der Waals surface area contributed by atoms with Crippen LogP contribution < -0.4 is 10.6 Å². The predicted octanol–water partition coefficient (Wildman–Crippen LogP) is 7.01. The maximum atomic E-state index is 13.5. The number of alkyl halides is 6. The van der Waals surface area contributed by atoms with Crippen molar-refractivity contribution in [3.63, 3.8) is 0 Å². The molecule has 0 aromatic heterocycles. The monoisotopic (exact) mass is 576 g/mol. The lowest BCUT2D eigenvalue weighted by Gasteiger charge is -2.18. The van der Waals surface area contributed by atoms with Gasteiger partial charge in [-0.2, -0.15) is 26.3 Å². The first-order chi connectivity index (χ1) is 16.6. The number of rotatable bonds is 7. The maximum absolute atomic E-state index is 13.5. The van der Waals surface area contributed by atoms with Crippen molar-refractivity contribution >= 4 is 53.1 Å². The van der Waals surface area contributed by atoms with E-state index in [-0.39, 0.29) is 27.2 Å². The van der Waals surface area contributed by atoms with Gasteiger partial charge in [-0.1, -0.05) is 65.2 Å². The number of allylic oxidation sites excluding steroid dienone is 1. The van der Waals surface area contributed by atoms with Crippen molar-refractivity contribution in [2.75, 3.05) is 20.1 Å². The number of hydrogen-bond acceptors (Lipinski definition) is 3. The fourth-order valence-corrected chi connectivity index (χ4v) is 3.34. The minimum atomic E-state index is -4.53. The zero-order chi connectivity index (χ0) is 27.7. The van der Waals surface area contributed by atoms with E-state index in [0.717, 1.165) is 18.2 Å². The summed E-state index contributed by atoms with van der Waals surface area (Å²) in [4.78, 5) is 21.2. The Labute approximate surface area is 218 Å². The largest absolute Gasteiger partial charge is 0.405 e. The van der Waals surface area contributed by atoms with Gasteiger partial charge in [0.2, 0.25) is 5.91 Å². The van der Waals surface area contributed by atoms with E-state index in [1.165, 1.54) is 13.1 Å². The Hall–Kier alpha value is -2.27. The van der Waals surface area contributed by atoms with Gasteiger partial charge in [0, 0.05) is 5.56 Å². The fraction of sp³-hybridized carbons (Fsp3) is 0.304. The normalized spacial score (nSPS) is 12.6. The quantitative estimate of drug-likeness (QED) is 0.211. The van der Waals surface area contributed by atoms with Crippen LogP contribution in [0.2, 0.25) is 15.1 Å². The Morgan fingerprint density at radius 1 is 1.03 bits per heavy atom. The van der Waals surface area contributed by atoms with Crippen LogP contribution in [0.25, 0.3) is 6.08 Å². The van der Waals surface area contributed by atoms with E-state index in [1.807, 2.05) is 0 Å². The summed E-state index contributed by atoms with van der Waals surface area (Å²) in [5, 5.41) is 4.05. The third-order valence-electron chi connectivity index (χ3n) is 4.44. The van der Waals surface area contributed by atoms with Crippen LogP contribution in [-0.4, -0.2) is 44.7 Å². The number of halogens is 9. The highest BCUT2D eigenvalue weighted by atomic mass is 35.5. The number of likely N-dealkylation sites (N-methyl/N-ethyl adjacent to an activating group) is 1. The smallest absolute Gasteiger partial charge is 0.346 e. The molecule has 2 rings (SSSR count). The third-order valence-corrected chi connectivity index (χ3v) is 5.64. The summed E-state index contributed by atoms with van der Waals surface area (Å²) in [6.07, 6.45) is -5.81. The Bertz CT molecular complexity index is 1070. The summed E-state index contributed by atoms with van der Waals surface area (Å²) in [5.41, 5.74) is 1.60. The first-order valence-electron chi connectivity index (χ1n) is 10.0. The van der Waals surface area contributed by atoms with Gasteiger partial charge >= 0.3 is 12.4 Å². The molecule has 2 aromatic rings. The average Bonchev–Trinajstić information content (AvgIpc) is 2.75. The molecule has 0 spiro atoms. The fourth-order valence-electron chi connectivity index (χ4n) is 2.73. The maximum Gasteiger partial charge on any atom is 0.405 e. The summed E-state index contributed by atoms with van der Waals surface area (Å²) in [6, 6.07) is 7.07. The molecular weight excluding hydrogens is 557 g/mol. The topological polar surface area (TPSA) is 58.2 Å². The second kappa shape index (κ2) is 13.9. The average molecular weight is 578 g/mol. The molecule has 0 aliphatic heterocycles. The molecule has 4 nitrogen and oxygen atoms in total. The van der Waals surface area contributed by atoms with E-state index < -0.39 is 30.7 Å². The van der Waals surface area contributed by atoms with Crippen LogP contribution in [-0.2, 0) is 4.79 Å². The number of amides is 1. The van der Waals surface area contributed by atoms with Crippen LogP contribution in [0.5, 0.6) is 0 Å².